The minimum atomic E-state index is 0.0500. The van der Waals surface area contributed by atoms with Crippen LogP contribution in [0.5, 0.6) is 0 Å². The molecule has 2 aromatic rings. The Morgan fingerprint density at radius 2 is 1.95 bits per heavy atom. The van der Waals surface area contributed by atoms with Crippen molar-refractivity contribution in [3.63, 3.8) is 0 Å². The molecular formula is C17H21N3O. The van der Waals surface area contributed by atoms with Gasteiger partial charge in [0.1, 0.15) is 6.33 Å². The molecule has 21 heavy (non-hydrogen) atoms. The molecule has 0 spiro atoms. The molecule has 4 heteroatoms. The Labute approximate surface area is 125 Å². The van der Waals surface area contributed by atoms with Gasteiger partial charge >= 0.3 is 6.03 Å². The van der Waals surface area contributed by atoms with Crippen LogP contribution in [0.3, 0.4) is 0 Å². The highest BCUT2D eigenvalue weighted by molar-refractivity contribution is 5.76. The van der Waals surface area contributed by atoms with Crippen LogP contribution in [0.4, 0.5) is 4.79 Å². The first-order valence-electron chi connectivity index (χ1n) is 7.64. The van der Waals surface area contributed by atoms with E-state index in [9.17, 15) is 4.79 Å². The summed E-state index contributed by atoms with van der Waals surface area (Å²) in [4.78, 5) is 18.1. The van der Waals surface area contributed by atoms with E-state index in [4.69, 9.17) is 0 Å². The maximum absolute atomic E-state index is 12.2. The summed E-state index contributed by atoms with van der Waals surface area (Å²) in [5, 5.41) is 0. The fourth-order valence-electron chi connectivity index (χ4n) is 2.96. The number of imidazole rings is 1. The number of carbonyl (C=O) groups excluding carboxylic acids is 1. The molecule has 1 saturated heterocycles. The van der Waals surface area contributed by atoms with Crippen molar-refractivity contribution in [2.24, 2.45) is 5.92 Å². The number of aryl methyl sites for hydroxylation is 1. The summed E-state index contributed by atoms with van der Waals surface area (Å²) in [6, 6.07) is 10.7. The molecule has 110 valence electrons. The minimum absolute atomic E-state index is 0.0500. The zero-order valence-corrected chi connectivity index (χ0v) is 12.2. The quantitative estimate of drug-likeness (QED) is 0.867. The van der Waals surface area contributed by atoms with Gasteiger partial charge in [-0.15, -0.1) is 0 Å². The zero-order valence-electron chi connectivity index (χ0n) is 12.2. The van der Waals surface area contributed by atoms with E-state index < -0.39 is 0 Å². The molecule has 0 saturated carbocycles. The fourth-order valence-corrected chi connectivity index (χ4v) is 2.96. The van der Waals surface area contributed by atoms with Crippen LogP contribution in [0, 0.1) is 5.92 Å². The van der Waals surface area contributed by atoms with E-state index in [1.807, 2.05) is 4.90 Å². The first-order chi connectivity index (χ1) is 10.3. The number of benzene rings is 1. The first kappa shape index (κ1) is 13.9. The van der Waals surface area contributed by atoms with Crippen molar-refractivity contribution < 1.29 is 4.79 Å². The average molecular weight is 283 g/mol. The van der Waals surface area contributed by atoms with Gasteiger partial charge in [0.25, 0.3) is 0 Å². The SMILES string of the molecule is O=C(N1CCC(CCc2ccccc2)CC1)n1ccnc1. The van der Waals surface area contributed by atoms with Crippen molar-refractivity contribution in [3.05, 3.63) is 54.6 Å². The Hall–Kier alpha value is -2.10. The second kappa shape index (κ2) is 6.57. The molecular weight excluding hydrogens is 262 g/mol. The van der Waals surface area contributed by atoms with Crippen LogP contribution < -0.4 is 0 Å². The minimum Gasteiger partial charge on any atom is -0.324 e. The molecule has 0 atom stereocenters. The maximum atomic E-state index is 12.2. The maximum Gasteiger partial charge on any atom is 0.329 e. The molecule has 1 aliphatic rings. The van der Waals surface area contributed by atoms with Crippen LogP contribution in [-0.4, -0.2) is 33.6 Å². The second-order valence-corrected chi connectivity index (χ2v) is 5.71. The Bertz CT molecular complexity index is 557. The molecule has 2 heterocycles. The van der Waals surface area contributed by atoms with E-state index >= 15 is 0 Å². The van der Waals surface area contributed by atoms with Crippen LogP contribution >= 0.6 is 0 Å². The van der Waals surface area contributed by atoms with Crippen molar-refractivity contribution in [1.29, 1.82) is 0 Å². The Morgan fingerprint density at radius 1 is 1.19 bits per heavy atom. The van der Waals surface area contributed by atoms with Gasteiger partial charge in [-0.2, -0.15) is 0 Å². The molecule has 1 amide bonds. The lowest BCUT2D eigenvalue weighted by atomic mass is 9.91. The molecule has 0 bridgehead atoms. The van der Waals surface area contributed by atoms with E-state index in [0.717, 1.165) is 38.3 Å². The molecule has 0 N–H and O–H groups in total. The molecule has 1 aromatic heterocycles. The van der Waals surface area contributed by atoms with Crippen molar-refractivity contribution in [2.45, 2.75) is 25.7 Å². The van der Waals surface area contributed by atoms with E-state index in [0.29, 0.717) is 0 Å². The largest absolute Gasteiger partial charge is 0.329 e. The third kappa shape index (κ3) is 3.51. The van der Waals surface area contributed by atoms with Gasteiger partial charge in [0.15, 0.2) is 0 Å². The number of amides is 1. The average Bonchev–Trinajstić information content (AvgIpc) is 3.08. The smallest absolute Gasteiger partial charge is 0.324 e. The zero-order chi connectivity index (χ0) is 14.5. The fraction of sp³-hybridized carbons (Fsp3) is 0.412. The Balaban J connectivity index is 1.46. The highest BCUT2D eigenvalue weighted by Crippen LogP contribution is 2.22. The van der Waals surface area contributed by atoms with Crippen molar-refractivity contribution in [2.75, 3.05) is 13.1 Å². The van der Waals surface area contributed by atoms with Crippen LogP contribution in [0.1, 0.15) is 24.8 Å². The van der Waals surface area contributed by atoms with Gasteiger partial charge in [-0.05, 0) is 37.2 Å². The summed E-state index contributed by atoms with van der Waals surface area (Å²) in [5.74, 6) is 0.733. The number of rotatable bonds is 3. The Morgan fingerprint density at radius 3 is 2.62 bits per heavy atom. The van der Waals surface area contributed by atoms with Crippen molar-refractivity contribution in [3.8, 4) is 0 Å². The molecule has 1 aromatic carbocycles. The van der Waals surface area contributed by atoms with E-state index in [2.05, 4.69) is 35.3 Å². The molecule has 1 fully saturated rings. The van der Waals surface area contributed by atoms with E-state index in [1.165, 1.54) is 12.0 Å². The summed E-state index contributed by atoms with van der Waals surface area (Å²) in [5.41, 5.74) is 1.41. The van der Waals surface area contributed by atoms with Gasteiger partial charge in [0.05, 0.1) is 0 Å². The van der Waals surface area contributed by atoms with Gasteiger partial charge in [0.2, 0.25) is 0 Å². The van der Waals surface area contributed by atoms with Crippen LogP contribution in [0.15, 0.2) is 49.1 Å². The van der Waals surface area contributed by atoms with Crippen molar-refractivity contribution in [1.82, 2.24) is 14.5 Å². The van der Waals surface area contributed by atoms with Crippen LogP contribution in [0.25, 0.3) is 0 Å². The molecule has 3 rings (SSSR count). The summed E-state index contributed by atoms with van der Waals surface area (Å²) in [6.07, 6.45) is 9.50. The van der Waals surface area contributed by atoms with Gasteiger partial charge < -0.3 is 4.90 Å². The molecule has 4 nitrogen and oxygen atoms in total. The monoisotopic (exact) mass is 283 g/mol. The number of aromatic nitrogens is 2. The van der Waals surface area contributed by atoms with Gasteiger partial charge in [0, 0.05) is 25.5 Å². The van der Waals surface area contributed by atoms with Crippen LogP contribution in [-0.2, 0) is 6.42 Å². The van der Waals surface area contributed by atoms with Gasteiger partial charge in [-0.3, -0.25) is 4.57 Å². The predicted molar refractivity (Wildman–Crippen MR) is 82.1 cm³/mol. The predicted octanol–water partition coefficient (Wildman–Crippen LogP) is 3.20. The van der Waals surface area contributed by atoms with E-state index in [-0.39, 0.29) is 6.03 Å². The number of carbonyl (C=O) groups is 1. The third-order valence-electron chi connectivity index (χ3n) is 4.29. The summed E-state index contributed by atoms with van der Waals surface area (Å²) in [6.45, 7) is 1.72. The lowest BCUT2D eigenvalue weighted by Gasteiger charge is -2.31. The molecule has 0 unspecified atom stereocenters. The number of hydrogen-bond donors (Lipinski definition) is 0. The lowest BCUT2D eigenvalue weighted by Crippen LogP contribution is -2.40. The molecule has 0 aliphatic carbocycles. The summed E-state index contributed by atoms with van der Waals surface area (Å²) >= 11 is 0. The Kier molecular flexibility index (Phi) is 4.34. The van der Waals surface area contributed by atoms with E-state index in [1.54, 1.807) is 23.3 Å². The van der Waals surface area contributed by atoms with Gasteiger partial charge in [-0.25, -0.2) is 9.78 Å². The number of hydrogen-bond acceptors (Lipinski definition) is 2. The first-order valence-corrected chi connectivity index (χ1v) is 7.64. The van der Waals surface area contributed by atoms with Gasteiger partial charge in [-0.1, -0.05) is 30.3 Å². The topological polar surface area (TPSA) is 38.1 Å². The number of piperidine rings is 1. The highest BCUT2D eigenvalue weighted by Gasteiger charge is 2.23. The van der Waals surface area contributed by atoms with Crippen molar-refractivity contribution >= 4 is 6.03 Å². The number of nitrogens with zero attached hydrogens (tertiary/aromatic N) is 3. The second-order valence-electron chi connectivity index (χ2n) is 5.71. The summed E-state index contributed by atoms with van der Waals surface area (Å²) < 4.78 is 1.56. The van der Waals surface area contributed by atoms with Crippen LogP contribution in [0.2, 0.25) is 0 Å². The molecule has 1 aliphatic heterocycles. The summed E-state index contributed by atoms with van der Waals surface area (Å²) in [7, 11) is 0. The third-order valence-corrected chi connectivity index (χ3v) is 4.29. The molecule has 0 radical (unpaired) electrons. The standard InChI is InChI=1S/C17H21N3O/c21-17(20-13-10-18-14-20)19-11-8-16(9-12-19)7-6-15-4-2-1-3-5-15/h1-5,10,13-14,16H,6-9,11-12H2. The normalized spacial score (nSPS) is 16.1. The lowest BCUT2D eigenvalue weighted by molar-refractivity contribution is 0.169. The highest BCUT2D eigenvalue weighted by atomic mass is 16.2. The number of likely N-dealkylation sites (tertiary alicyclic amines) is 1.